The number of hydrogen-bond acceptors (Lipinski definition) is 5. The second kappa shape index (κ2) is 4.99. The molecule has 6 heteroatoms. The van der Waals surface area contributed by atoms with Crippen molar-refractivity contribution in [1.82, 2.24) is 25.5 Å². The first-order chi connectivity index (χ1) is 7.40. The first kappa shape index (κ1) is 10.3. The van der Waals surface area contributed by atoms with E-state index in [-0.39, 0.29) is 0 Å². The van der Waals surface area contributed by atoms with Gasteiger partial charge in [-0.15, -0.1) is 11.3 Å². The van der Waals surface area contributed by atoms with E-state index in [2.05, 4.69) is 32.4 Å². The first-order valence-corrected chi connectivity index (χ1v) is 5.73. The van der Waals surface area contributed by atoms with Crippen molar-refractivity contribution in [2.45, 2.75) is 19.9 Å². The molecule has 0 radical (unpaired) electrons. The van der Waals surface area contributed by atoms with Gasteiger partial charge in [-0.25, -0.2) is 9.97 Å². The molecule has 80 valence electrons. The van der Waals surface area contributed by atoms with Gasteiger partial charge in [-0.3, -0.25) is 5.10 Å². The van der Waals surface area contributed by atoms with Crippen molar-refractivity contribution in [2.24, 2.45) is 0 Å². The van der Waals surface area contributed by atoms with Crippen LogP contribution < -0.4 is 5.32 Å². The molecule has 0 aliphatic heterocycles. The second-order valence-corrected chi connectivity index (χ2v) is 4.26. The third-order valence-corrected chi connectivity index (χ3v) is 2.90. The maximum absolute atomic E-state index is 4.28. The summed E-state index contributed by atoms with van der Waals surface area (Å²) in [6.07, 6.45) is 4.52. The average molecular weight is 223 g/mol. The SMILES string of the molecule is CCCNCc1cnc(-c2ncn[nH]2)s1. The molecule has 15 heavy (non-hydrogen) atoms. The number of hydrogen-bond donors (Lipinski definition) is 2. The summed E-state index contributed by atoms with van der Waals surface area (Å²) in [5, 5.41) is 10.8. The van der Waals surface area contributed by atoms with Crippen LogP contribution in [0.25, 0.3) is 10.8 Å². The maximum Gasteiger partial charge on any atom is 0.184 e. The summed E-state index contributed by atoms with van der Waals surface area (Å²) < 4.78 is 0. The molecule has 0 atom stereocenters. The van der Waals surface area contributed by atoms with Crippen molar-refractivity contribution in [3.05, 3.63) is 17.4 Å². The molecule has 0 aliphatic carbocycles. The van der Waals surface area contributed by atoms with Crippen LogP contribution in [0.2, 0.25) is 0 Å². The number of H-pyrrole nitrogens is 1. The zero-order valence-corrected chi connectivity index (χ0v) is 9.34. The number of nitrogens with zero attached hydrogens (tertiary/aromatic N) is 3. The van der Waals surface area contributed by atoms with Gasteiger partial charge in [0.15, 0.2) is 10.8 Å². The van der Waals surface area contributed by atoms with Crippen LogP contribution in [-0.4, -0.2) is 26.7 Å². The Balaban J connectivity index is 1.98. The van der Waals surface area contributed by atoms with Gasteiger partial charge < -0.3 is 5.32 Å². The van der Waals surface area contributed by atoms with E-state index in [4.69, 9.17) is 0 Å². The molecule has 0 amide bonds. The zero-order valence-electron chi connectivity index (χ0n) is 8.53. The smallest absolute Gasteiger partial charge is 0.184 e. The minimum Gasteiger partial charge on any atom is -0.312 e. The predicted molar refractivity (Wildman–Crippen MR) is 59.5 cm³/mol. The van der Waals surface area contributed by atoms with Gasteiger partial charge in [0.1, 0.15) is 6.33 Å². The van der Waals surface area contributed by atoms with Crippen molar-refractivity contribution in [3.8, 4) is 10.8 Å². The second-order valence-electron chi connectivity index (χ2n) is 3.14. The molecule has 0 unspecified atom stereocenters. The Kier molecular flexibility index (Phi) is 3.41. The largest absolute Gasteiger partial charge is 0.312 e. The number of thiazole rings is 1. The first-order valence-electron chi connectivity index (χ1n) is 4.91. The molecule has 2 N–H and O–H groups in total. The van der Waals surface area contributed by atoms with Crippen LogP contribution in [0, 0.1) is 0 Å². The lowest BCUT2D eigenvalue weighted by Crippen LogP contribution is -2.12. The van der Waals surface area contributed by atoms with Crippen molar-refractivity contribution >= 4 is 11.3 Å². The molecule has 0 saturated carbocycles. The Bertz CT molecular complexity index is 394. The molecule has 2 aromatic rings. The van der Waals surface area contributed by atoms with Crippen LogP contribution in [0.3, 0.4) is 0 Å². The fourth-order valence-corrected chi connectivity index (χ4v) is 2.02. The monoisotopic (exact) mass is 223 g/mol. The Morgan fingerprint density at radius 1 is 1.47 bits per heavy atom. The Morgan fingerprint density at radius 2 is 2.40 bits per heavy atom. The van der Waals surface area contributed by atoms with Gasteiger partial charge in [-0.05, 0) is 13.0 Å². The van der Waals surface area contributed by atoms with Gasteiger partial charge in [0, 0.05) is 17.6 Å². The standard InChI is InChI=1S/C9H13N5S/c1-2-3-10-4-7-5-11-9(15-7)8-12-6-13-14-8/h5-6,10H,2-4H2,1H3,(H,12,13,14). The highest BCUT2D eigenvalue weighted by Gasteiger charge is 2.06. The normalized spacial score (nSPS) is 10.7. The summed E-state index contributed by atoms with van der Waals surface area (Å²) >= 11 is 1.63. The Hall–Kier alpha value is -1.27. The van der Waals surface area contributed by atoms with Crippen LogP contribution >= 0.6 is 11.3 Å². The molecule has 0 aromatic carbocycles. The van der Waals surface area contributed by atoms with E-state index in [1.807, 2.05) is 6.20 Å². The highest BCUT2D eigenvalue weighted by molar-refractivity contribution is 7.14. The summed E-state index contributed by atoms with van der Waals surface area (Å²) in [5.41, 5.74) is 0. The third kappa shape index (κ3) is 2.60. The minimum atomic E-state index is 0.738. The van der Waals surface area contributed by atoms with E-state index in [0.717, 1.165) is 30.3 Å². The van der Waals surface area contributed by atoms with E-state index in [9.17, 15) is 0 Å². The summed E-state index contributed by atoms with van der Waals surface area (Å²) in [6.45, 7) is 4.06. The number of nitrogens with one attached hydrogen (secondary N) is 2. The molecular formula is C9H13N5S. The quantitative estimate of drug-likeness (QED) is 0.752. The highest BCUT2D eigenvalue weighted by atomic mass is 32.1. The average Bonchev–Trinajstić information content (AvgIpc) is 2.87. The van der Waals surface area contributed by atoms with Crippen LogP contribution in [0.5, 0.6) is 0 Å². The topological polar surface area (TPSA) is 66.5 Å². The molecule has 0 aliphatic rings. The van der Waals surface area contributed by atoms with Crippen molar-refractivity contribution in [3.63, 3.8) is 0 Å². The van der Waals surface area contributed by atoms with Gasteiger partial charge in [0.2, 0.25) is 0 Å². The van der Waals surface area contributed by atoms with Gasteiger partial charge in [0.05, 0.1) is 0 Å². The summed E-state index contributed by atoms with van der Waals surface area (Å²) in [5.74, 6) is 0.738. The van der Waals surface area contributed by atoms with E-state index >= 15 is 0 Å². The maximum atomic E-state index is 4.28. The fraction of sp³-hybridized carbons (Fsp3) is 0.444. The van der Waals surface area contributed by atoms with Crippen LogP contribution in [0.15, 0.2) is 12.5 Å². The van der Waals surface area contributed by atoms with Gasteiger partial charge in [0.25, 0.3) is 0 Å². The molecule has 5 nitrogen and oxygen atoms in total. The summed E-state index contributed by atoms with van der Waals surface area (Å²) in [4.78, 5) is 9.56. The van der Waals surface area contributed by atoms with Crippen molar-refractivity contribution in [2.75, 3.05) is 6.54 Å². The van der Waals surface area contributed by atoms with Crippen LogP contribution in [0.4, 0.5) is 0 Å². The molecule has 2 heterocycles. The predicted octanol–water partition coefficient (Wildman–Crippen LogP) is 1.43. The van der Waals surface area contributed by atoms with Crippen molar-refractivity contribution < 1.29 is 0 Å². The van der Waals surface area contributed by atoms with E-state index in [1.54, 1.807) is 11.3 Å². The molecule has 0 fully saturated rings. The van der Waals surface area contributed by atoms with E-state index in [1.165, 1.54) is 11.2 Å². The Morgan fingerprint density at radius 3 is 3.13 bits per heavy atom. The van der Waals surface area contributed by atoms with Crippen LogP contribution in [0.1, 0.15) is 18.2 Å². The molecule has 0 bridgehead atoms. The fourth-order valence-electron chi connectivity index (χ4n) is 1.20. The lowest BCUT2D eigenvalue weighted by atomic mass is 10.4. The zero-order chi connectivity index (χ0) is 10.5. The number of aromatic amines is 1. The minimum absolute atomic E-state index is 0.738. The number of rotatable bonds is 5. The van der Waals surface area contributed by atoms with Gasteiger partial charge in [-0.2, -0.15) is 5.10 Å². The molecule has 0 saturated heterocycles. The lowest BCUT2D eigenvalue weighted by molar-refractivity contribution is 0.681. The van der Waals surface area contributed by atoms with Gasteiger partial charge >= 0.3 is 0 Å². The van der Waals surface area contributed by atoms with Crippen LogP contribution in [-0.2, 0) is 6.54 Å². The molecule has 0 spiro atoms. The van der Waals surface area contributed by atoms with Gasteiger partial charge in [-0.1, -0.05) is 6.92 Å². The van der Waals surface area contributed by atoms with Crippen molar-refractivity contribution in [1.29, 1.82) is 0 Å². The lowest BCUT2D eigenvalue weighted by Gasteiger charge is -1.97. The number of aromatic nitrogens is 4. The summed E-state index contributed by atoms with van der Waals surface area (Å²) in [7, 11) is 0. The highest BCUT2D eigenvalue weighted by Crippen LogP contribution is 2.20. The summed E-state index contributed by atoms with van der Waals surface area (Å²) in [6, 6.07) is 0. The Labute approximate surface area is 92.0 Å². The van der Waals surface area contributed by atoms with E-state index in [0.29, 0.717) is 0 Å². The molecular weight excluding hydrogens is 210 g/mol. The van der Waals surface area contributed by atoms with E-state index < -0.39 is 0 Å². The molecule has 2 rings (SSSR count). The molecule has 2 aromatic heterocycles. The third-order valence-electron chi connectivity index (χ3n) is 1.90.